The van der Waals surface area contributed by atoms with Gasteiger partial charge in [-0.1, -0.05) is 6.07 Å². The highest BCUT2D eigenvalue weighted by molar-refractivity contribution is 5.88. The molecule has 27 heavy (non-hydrogen) atoms. The molecule has 0 saturated heterocycles. The van der Waals surface area contributed by atoms with Gasteiger partial charge in [0.25, 0.3) is 0 Å². The molecule has 0 aliphatic heterocycles. The Bertz CT molecular complexity index is 812. The van der Waals surface area contributed by atoms with Crippen molar-refractivity contribution in [3.63, 3.8) is 0 Å². The highest BCUT2D eigenvalue weighted by Gasteiger charge is 2.25. The predicted octanol–water partition coefficient (Wildman–Crippen LogP) is 4.66. The fourth-order valence-corrected chi connectivity index (χ4v) is 2.74. The molecule has 0 spiro atoms. The number of carbonyl (C=O) groups excluding carboxylic acids is 1. The molecule has 2 aromatic rings. The monoisotopic (exact) mass is 372 g/mol. The number of nitrogens with zero attached hydrogens (tertiary/aromatic N) is 2. The summed E-state index contributed by atoms with van der Waals surface area (Å²) in [6.07, 6.45) is 1.30. The fraction of sp³-hybridized carbons (Fsp3) is 0.429. The second-order valence-electron chi connectivity index (χ2n) is 7.31. The van der Waals surface area contributed by atoms with Crippen LogP contribution < -0.4 is 14.4 Å². The summed E-state index contributed by atoms with van der Waals surface area (Å²) in [7, 11) is 3.22. The van der Waals surface area contributed by atoms with Crippen LogP contribution in [0.5, 0.6) is 11.5 Å². The van der Waals surface area contributed by atoms with Gasteiger partial charge in [0.2, 0.25) is 0 Å². The lowest BCUT2D eigenvalue weighted by molar-refractivity contribution is 0.0577. The summed E-state index contributed by atoms with van der Waals surface area (Å²) in [5.41, 5.74) is 2.65. The average molecular weight is 372 g/mol. The van der Waals surface area contributed by atoms with Crippen molar-refractivity contribution < 1.29 is 19.0 Å². The molecule has 0 atom stereocenters. The Morgan fingerprint density at radius 1 is 1.15 bits per heavy atom. The number of ether oxygens (including phenoxy) is 3. The first-order valence-electron chi connectivity index (χ1n) is 8.80. The zero-order valence-electron chi connectivity index (χ0n) is 17.1. The molecule has 146 valence electrons. The third-order valence-electron chi connectivity index (χ3n) is 4.04. The first-order valence-corrected chi connectivity index (χ1v) is 8.80. The van der Waals surface area contributed by atoms with Gasteiger partial charge in [0.15, 0.2) is 0 Å². The number of aromatic nitrogens is 1. The first kappa shape index (κ1) is 20.6. The van der Waals surface area contributed by atoms with Crippen molar-refractivity contribution in [2.24, 2.45) is 0 Å². The van der Waals surface area contributed by atoms with Crippen molar-refractivity contribution in [3.8, 4) is 11.5 Å². The van der Waals surface area contributed by atoms with Crippen molar-refractivity contribution in [1.82, 2.24) is 4.98 Å². The SMILES string of the molecule is COc1cccc(N(Cc2ncc(C)c(OC)c2C)C(=O)OC(C)(C)C)c1. The summed E-state index contributed by atoms with van der Waals surface area (Å²) in [4.78, 5) is 19.0. The third kappa shape index (κ3) is 5.12. The quantitative estimate of drug-likeness (QED) is 0.764. The average Bonchev–Trinajstić information content (AvgIpc) is 2.60. The minimum Gasteiger partial charge on any atom is -0.497 e. The number of hydrogen-bond donors (Lipinski definition) is 0. The maximum Gasteiger partial charge on any atom is 0.415 e. The summed E-state index contributed by atoms with van der Waals surface area (Å²) in [6.45, 7) is 9.65. The normalized spacial score (nSPS) is 11.1. The molecule has 1 aromatic carbocycles. The Labute approximate surface area is 161 Å². The van der Waals surface area contributed by atoms with Gasteiger partial charge in [-0.2, -0.15) is 0 Å². The summed E-state index contributed by atoms with van der Waals surface area (Å²) >= 11 is 0. The Hall–Kier alpha value is -2.76. The van der Waals surface area contributed by atoms with Gasteiger partial charge in [-0.15, -0.1) is 0 Å². The van der Waals surface area contributed by atoms with E-state index in [4.69, 9.17) is 14.2 Å². The largest absolute Gasteiger partial charge is 0.497 e. The van der Waals surface area contributed by atoms with E-state index in [1.54, 1.807) is 31.4 Å². The lowest BCUT2D eigenvalue weighted by Crippen LogP contribution is -2.37. The van der Waals surface area contributed by atoms with Crippen LogP contribution in [0.25, 0.3) is 0 Å². The van der Waals surface area contributed by atoms with E-state index in [1.807, 2.05) is 52.8 Å². The van der Waals surface area contributed by atoms with E-state index in [2.05, 4.69) is 4.98 Å². The minimum absolute atomic E-state index is 0.255. The Morgan fingerprint density at radius 2 is 1.85 bits per heavy atom. The first-order chi connectivity index (χ1) is 12.7. The molecule has 0 saturated carbocycles. The van der Waals surface area contributed by atoms with Gasteiger partial charge in [0, 0.05) is 23.4 Å². The van der Waals surface area contributed by atoms with Gasteiger partial charge in [0.05, 0.1) is 32.1 Å². The van der Waals surface area contributed by atoms with Crippen LogP contribution in [0.3, 0.4) is 0 Å². The van der Waals surface area contributed by atoms with E-state index in [-0.39, 0.29) is 6.54 Å². The second-order valence-corrected chi connectivity index (χ2v) is 7.31. The Balaban J connectivity index is 2.45. The van der Waals surface area contributed by atoms with Gasteiger partial charge in [-0.05, 0) is 46.8 Å². The molecule has 2 rings (SSSR count). The van der Waals surface area contributed by atoms with E-state index >= 15 is 0 Å². The molecule has 0 unspecified atom stereocenters. The second kappa shape index (κ2) is 8.29. The lowest BCUT2D eigenvalue weighted by Gasteiger charge is -2.28. The standard InChI is InChI=1S/C21H28N2O4/c1-14-12-22-18(15(2)19(14)26-7)13-23(20(24)27-21(3,4)5)16-9-8-10-17(11-16)25-6/h8-12H,13H2,1-7H3. The molecule has 0 fully saturated rings. The van der Waals surface area contributed by atoms with Crippen LogP contribution in [0.15, 0.2) is 30.5 Å². The molecule has 0 bridgehead atoms. The molecule has 1 heterocycles. The van der Waals surface area contributed by atoms with E-state index < -0.39 is 11.7 Å². The van der Waals surface area contributed by atoms with Crippen molar-refractivity contribution in [2.45, 2.75) is 46.8 Å². The van der Waals surface area contributed by atoms with Gasteiger partial charge in [0.1, 0.15) is 17.1 Å². The predicted molar refractivity (Wildman–Crippen MR) is 106 cm³/mol. The molecule has 1 aromatic heterocycles. The maximum atomic E-state index is 12.9. The molecular formula is C21H28N2O4. The minimum atomic E-state index is -0.609. The highest BCUT2D eigenvalue weighted by atomic mass is 16.6. The van der Waals surface area contributed by atoms with Crippen molar-refractivity contribution in [2.75, 3.05) is 19.1 Å². The van der Waals surface area contributed by atoms with E-state index in [1.165, 1.54) is 0 Å². The van der Waals surface area contributed by atoms with Gasteiger partial charge < -0.3 is 14.2 Å². The van der Waals surface area contributed by atoms with Crippen molar-refractivity contribution in [3.05, 3.63) is 47.3 Å². The highest BCUT2D eigenvalue weighted by Crippen LogP contribution is 2.28. The van der Waals surface area contributed by atoms with Crippen LogP contribution in [0.1, 0.15) is 37.6 Å². The maximum absolute atomic E-state index is 12.9. The number of rotatable bonds is 5. The molecule has 0 N–H and O–H groups in total. The zero-order chi connectivity index (χ0) is 20.2. The number of pyridine rings is 1. The molecule has 6 heteroatoms. The number of aryl methyl sites for hydroxylation is 1. The lowest BCUT2D eigenvalue weighted by atomic mass is 10.1. The van der Waals surface area contributed by atoms with Crippen LogP contribution in [0, 0.1) is 13.8 Å². The smallest absolute Gasteiger partial charge is 0.415 e. The summed E-state index contributed by atoms with van der Waals surface area (Å²) in [5, 5.41) is 0. The van der Waals surface area contributed by atoms with Crippen LogP contribution in [0.4, 0.5) is 10.5 Å². The van der Waals surface area contributed by atoms with Crippen LogP contribution in [0.2, 0.25) is 0 Å². The van der Waals surface area contributed by atoms with Crippen molar-refractivity contribution >= 4 is 11.8 Å². The fourth-order valence-electron chi connectivity index (χ4n) is 2.74. The summed E-state index contributed by atoms with van der Waals surface area (Å²) in [6, 6.07) is 7.30. The Kier molecular flexibility index (Phi) is 6.31. The van der Waals surface area contributed by atoms with Crippen LogP contribution in [-0.4, -0.2) is 30.9 Å². The number of carbonyl (C=O) groups is 1. The van der Waals surface area contributed by atoms with Crippen LogP contribution in [-0.2, 0) is 11.3 Å². The molecule has 0 radical (unpaired) electrons. The molecule has 0 aliphatic rings. The molecular weight excluding hydrogens is 344 g/mol. The topological polar surface area (TPSA) is 60.9 Å². The third-order valence-corrected chi connectivity index (χ3v) is 4.04. The van der Waals surface area contributed by atoms with Gasteiger partial charge in [-0.25, -0.2) is 4.79 Å². The van der Waals surface area contributed by atoms with E-state index in [9.17, 15) is 4.79 Å². The summed E-state index contributed by atoms with van der Waals surface area (Å²) in [5.74, 6) is 1.43. The molecule has 0 aliphatic carbocycles. The Morgan fingerprint density at radius 3 is 2.44 bits per heavy atom. The van der Waals surface area contributed by atoms with E-state index in [0.29, 0.717) is 11.4 Å². The number of hydrogen-bond acceptors (Lipinski definition) is 5. The summed E-state index contributed by atoms with van der Waals surface area (Å²) < 4.78 is 16.4. The van der Waals surface area contributed by atoms with Gasteiger partial charge >= 0.3 is 6.09 Å². The number of anilines is 1. The molecule has 1 amide bonds. The van der Waals surface area contributed by atoms with E-state index in [0.717, 1.165) is 22.6 Å². The molecule has 6 nitrogen and oxygen atoms in total. The zero-order valence-corrected chi connectivity index (χ0v) is 17.1. The number of amides is 1. The van der Waals surface area contributed by atoms with Crippen LogP contribution >= 0.6 is 0 Å². The number of benzene rings is 1. The van der Waals surface area contributed by atoms with Gasteiger partial charge in [-0.3, -0.25) is 9.88 Å². The van der Waals surface area contributed by atoms with Crippen molar-refractivity contribution in [1.29, 1.82) is 0 Å². The number of methoxy groups -OCH3 is 2.